The molecule has 0 bridgehead atoms. The Morgan fingerprint density at radius 2 is 2.05 bits per heavy atom. The van der Waals surface area contributed by atoms with Crippen molar-refractivity contribution >= 4 is 11.9 Å². The largest absolute Gasteiger partial charge is 0.481 e. The topological polar surface area (TPSA) is 83.6 Å². The standard InChI is InChI=1S/C14H24N2O3/c15-10-14(4-2-5-14)8-12(17)16-6-1-3-11(9-16)7-13(18)19/h11H,1-10,15H2,(H,18,19). The van der Waals surface area contributed by atoms with E-state index in [1.165, 1.54) is 6.42 Å². The maximum atomic E-state index is 12.3. The third kappa shape index (κ3) is 3.47. The van der Waals surface area contributed by atoms with Gasteiger partial charge < -0.3 is 15.7 Å². The van der Waals surface area contributed by atoms with Crippen LogP contribution in [0.4, 0.5) is 0 Å². The third-order valence-electron chi connectivity index (χ3n) is 4.71. The predicted octanol–water partition coefficient (Wildman–Crippen LogP) is 1.22. The van der Waals surface area contributed by atoms with Gasteiger partial charge in [0.2, 0.25) is 5.91 Å². The molecule has 108 valence electrons. The minimum Gasteiger partial charge on any atom is -0.481 e. The fourth-order valence-corrected chi connectivity index (χ4v) is 3.27. The molecule has 3 N–H and O–H groups in total. The summed E-state index contributed by atoms with van der Waals surface area (Å²) in [5, 5.41) is 8.84. The molecule has 1 atom stereocenters. The van der Waals surface area contributed by atoms with Crippen LogP contribution in [0, 0.1) is 11.3 Å². The average molecular weight is 268 g/mol. The van der Waals surface area contributed by atoms with E-state index >= 15 is 0 Å². The highest BCUT2D eigenvalue weighted by Gasteiger charge is 2.39. The normalized spacial score (nSPS) is 25.7. The molecule has 0 aromatic heterocycles. The SMILES string of the molecule is NCC1(CC(=O)N2CCCC(CC(=O)O)C2)CCC1. The number of carboxylic acid groups (broad SMARTS) is 1. The maximum absolute atomic E-state index is 12.3. The van der Waals surface area contributed by atoms with Crippen LogP contribution in [-0.4, -0.2) is 41.5 Å². The first-order valence-electron chi connectivity index (χ1n) is 7.24. The minimum absolute atomic E-state index is 0.0385. The highest BCUT2D eigenvalue weighted by molar-refractivity contribution is 5.77. The molecule has 2 fully saturated rings. The van der Waals surface area contributed by atoms with Crippen molar-refractivity contribution in [3.8, 4) is 0 Å². The van der Waals surface area contributed by atoms with E-state index in [0.717, 1.165) is 32.2 Å². The van der Waals surface area contributed by atoms with Crippen molar-refractivity contribution in [1.82, 2.24) is 4.90 Å². The van der Waals surface area contributed by atoms with Crippen LogP contribution >= 0.6 is 0 Å². The molecule has 5 nitrogen and oxygen atoms in total. The predicted molar refractivity (Wildman–Crippen MR) is 71.5 cm³/mol. The summed E-state index contributed by atoms with van der Waals surface area (Å²) in [6.07, 6.45) is 5.84. The molecular formula is C14H24N2O3. The molecule has 0 spiro atoms. The zero-order valence-electron chi connectivity index (χ0n) is 11.4. The summed E-state index contributed by atoms with van der Waals surface area (Å²) in [6.45, 7) is 1.96. The van der Waals surface area contributed by atoms with Crippen molar-refractivity contribution in [2.75, 3.05) is 19.6 Å². The van der Waals surface area contributed by atoms with Crippen molar-refractivity contribution < 1.29 is 14.7 Å². The number of carbonyl (C=O) groups is 2. The second kappa shape index (κ2) is 5.90. The number of carbonyl (C=O) groups excluding carboxylic acids is 1. The van der Waals surface area contributed by atoms with E-state index in [1.54, 1.807) is 0 Å². The molecule has 1 aliphatic carbocycles. The van der Waals surface area contributed by atoms with Gasteiger partial charge in [-0.2, -0.15) is 0 Å². The number of aliphatic carboxylic acids is 1. The number of piperidine rings is 1. The van der Waals surface area contributed by atoms with Crippen LogP contribution in [-0.2, 0) is 9.59 Å². The molecule has 0 radical (unpaired) electrons. The number of carboxylic acids is 1. The van der Waals surface area contributed by atoms with E-state index in [4.69, 9.17) is 10.8 Å². The lowest BCUT2D eigenvalue weighted by Gasteiger charge is -2.42. The molecule has 0 aromatic rings. The zero-order valence-corrected chi connectivity index (χ0v) is 11.4. The van der Waals surface area contributed by atoms with Gasteiger partial charge in [0.15, 0.2) is 0 Å². The van der Waals surface area contributed by atoms with Crippen LogP contribution < -0.4 is 5.73 Å². The lowest BCUT2D eigenvalue weighted by Crippen LogP contribution is -2.46. The van der Waals surface area contributed by atoms with Crippen molar-refractivity contribution in [1.29, 1.82) is 0 Å². The molecule has 1 amide bonds. The van der Waals surface area contributed by atoms with Gasteiger partial charge in [-0.15, -0.1) is 0 Å². The first-order chi connectivity index (χ1) is 9.04. The number of nitrogens with two attached hydrogens (primary N) is 1. The molecule has 5 heteroatoms. The molecule has 1 saturated heterocycles. The van der Waals surface area contributed by atoms with Crippen LogP contribution in [0.3, 0.4) is 0 Å². The molecule has 1 heterocycles. The molecular weight excluding hydrogens is 244 g/mol. The van der Waals surface area contributed by atoms with E-state index in [2.05, 4.69) is 0 Å². The number of hydrogen-bond acceptors (Lipinski definition) is 3. The highest BCUT2D eigenvalue weighted by atomic mass is 16.4. The van der Waals surface area contributed by atoms with Crippen LogP contribution in [0.25, 0.3) is 0 Å². The summed E-state index contributed by atoms with van der Waals surface area (Å²) in [4.78, 5) is 24.9. The summed E-state index contributed by atoms with van der Waals surface area (Å²) < 4.78 is 0. The van der Waals surface area contributed by atoms with Gasteiger partial charge >= 0.3 is 5.97 Å². The van der Waals surface area contributed by atoms with E-state index in [9.17, 15) is 9.59 Å². The van der Waals surface area contributed by atoms with Crippen LogP contribution in [0.5, 0.6) is 0 Å². The maximum Gasteiger partial charge on any atom is 0.303 e. The smallest absolute Gasteiger partial charge is 0.303 e. The summed E-state index contributed by atoms with van der Waals surface area (Å²) in [7, 11) is 0. The van der Waals surface area contributed by atoms with E-state index in [0.29, 0.717) is 19.5 Å². The molecule has 1 aliphatic heterocycles. The molecule has 0 aromatic carbocycles. The van der Waals surface area contributed by atoms with Crippen LogP contribution in [0.2, 0.25) is 0 Å². The highest BCUT2D eigenvalue weighted by Crippen LogP contribution is 2.43. The lowest BCUT2D eigenvalue weighted by molar-refractivity contribution is -0.142. The van der Waals surface area contributed by atoms with Gasteiger partial charge in [-0.1, -0.05) is 6.42 Å². The van der Waals surface area contributed by atoms with E-state index < -0.39 is 5.97 Å². The third-order valence-corrected chi connectivity index (χ3v) is 4.71. The van der Waals surface area contributed by atoms with E-state index in [1.807, 2.05) is 4.90 Å². The van der Waals surface area contributed by atoms with Crippen LogP contribution in [0.1, 0.15) is 44.9 Å². The molecule has 1 saturated carbocycles. The number of rotatable bonds is 5. The number of nitrogens with zero attached hydrogens (tertiary/aromatic N) is 1. The lowest BCUT2D eigenvalue weighted by atomic mass is 9.66. The Balaban J connectivity index is 1.86. The Hall–Kier alpha value is -1.10. The van der Waals surface area contributed by atoms with Gasteiger partial charge in [0.05, 0.1) is 0 Å². The number of hydrogen-bond donors (Lipinski definition) is 2. The minimum atomic E-state index is -0.767. The van der Waals surface area contributed by atoms with E-state index in [-0.39, 0.29) is 23.7 Å². The Morgan fingerprint density at radius 3 is 2.58 bits per heavy atom. The Labute approximate surface area is 114 Å². The molecule has 2 rings (SSSR count). The molecule has 19 heavy (non-hydrogen) atoms. The Kier molecular flexibility index (Phi) is 4.45. The van der Waals surface area contributed by atoms with Crippen molar-refractivity contribution in [3.05, 3.63) is 0 Å². The van der Waals surface area contributed by atoms with Crippen molar-refractivity contribution in [2.24, 2.45) is 17.1 Å². The average Bonchev–Trinajstić information content (AvgIpc) is 2.33. The molecule has 2 aliphatic rings. The molecule has 1 unspecified atom stereocenters. The van der Waals surface area contributed by atoms with Gasteiger partial charge in [-0.05, 0) is 43.6 Å². The van der Waals surface area contributed by atoms with Gasteiger partial charge in [-0.3, -0.25) is 9.59 Å². The van der Waals surface area contributed by atoms with Gasteiger partial charge in [0.1, 0.15) is 0 Å². The summed E-state index contributed by atoms with van der Waals surface area (Å²) in [6, 6.07) is 0. The fraction of sp³-hybridized carbons (Fsp3) is 0.857. The number of likely N-dealkylation sites (tertiary alicyclic amines) is 1. The summed E-state index contributed by atoms with van der Waals surface area (Å²) >= 11 is 0. The zero-order chi connectivity index (χ0) is 13.9. The Bertz CT molecular complexity index is 347. The first kappa shape index (κ1) is 14.3. The van der Waals surface area contributed by atoms with Gasteiger partial charge in [0.25, 0.3) is 0 Å². The monoisotopic (exact) mass is 268 g/mol. The van der Waals surface area contributed by atoms with Crippen molar-refractivity contribution in [3.63, 3.8) is 0 Å². The van der Waals surface area contributed by atoms with Gasteiger partial charge in [-0.25, -0.2) is 0 Å². The second-order valence-corrected chi connectivity index (χ2v) is 6.18. The summed E-state index contributed by atoms with van der Waals surface area (Å²) in [5.41, 5.74) is 5.83. The van der Waals surface area contributed by atoms with Crippen molar-refractivity contribution in [2.45, 2.75) is 44.9 Å². The van der Waals surface area contributed by atoms with Crippen LogP contribution in [0.15, 0.2) is 0 Å². The second-order valence-electron chi connectivity index (χ2n) is 6.18. The summed E-state index contributed by atoms with van der Waals surface area (Å²) in [5.74, 6) is -0.484. The first-order valence-corrected chi connectivity index (χ1v) is 7.24. The fourth-order valence-electron chi connectivity index (χ4n) is 3.27. The quantitative estimate of drug-likeness (QED) is 0.785. The Morgan fingerprint density at radius 1 is 1.32 bits per heavy atom. The number of amides is 1. The van der Waals surface area contributed by atoms with Gasteiger partial charge in [0, 0.05) is 25.9 Å².